The molecule has 186 valence electrons. The number of carbonyl (C=O) groups is 2. The number of hydrogen-bond acceptors (Lipinski definition) is 5. The molecule has 0 saturated carbocycles. The highest BCUT2D eigenvalue weighted by Gasteiger charge is 2.31. The number of likely N-dealkylation sites (N-methyl/N-ethyl adjacent to an activating group) is 1. The van der Waals surface area contributed by atoms with E-state index in [-0.39, 0.29) is 23.2 Å². The predicted molar refractivity (Wildman–Crippen MR) is 135 cm³/mol. The van der Waals surface area contributed by atoms with E-state index in [1.165, 1.54) is 30.2 Å². The maximum Gasteiger partial charge on any atom is 0.244 e. The monoisotopic (exact) mass is 509 g/mol. The molecule has 8 nitrogen and oxygen atoms in total. The highest BCUT2D eigenvalue weighted by molar-refractivity contribution is 7.92. The van der Waals surface area contributed by atoms with Crippen LogP contribution in [0.2, 0.25) is 5.02 Å². The third-order valence-corrected chi connectivity index (χ3v) is 6.75. The average molecular weight is 510 g/mol. The first kappa shape index (κ1) is 27.5. The number of carbonyl (C=O) groups excluding carboxylic acids is 2. The van der Waals surface area contributed by atoms with Gasteiger partial charge in [-0.1, -0.05) is 48.4 Å². The van der Waals surface area contributed by atoms with Crippen LogP contribution in [0.15, 0.2) is 42.5 Å². The number of sulfonamides is 1. The lowest BCUT2D eigenvalue weighted by Gasteiger charge is -2.33. The number of methoxy groups -OCH3 is 1. The van der Waals surface area contributed by atoms with E-state index in [0.29, 0.717) is 18.7 Å². The van der Waals surface area contributed by atoms with Crippen LogP contribution in [-0.2, 0) is 26.2 Å². The molecule has 0 aromatic heterocycles. The normalized spacial score (nSPS) is 12.1. The molecule has 0 bridgehead atoms. The molecule has 0 aliphatic rings. The third-order valence-electron chi connectivity index (χ3n) is 5.31. The first-order valence-corrected chi connectivity index (χ1v) is 13.2. The predicted octanol–water partition coefficient (Wildman–Crippen LogP) is 3.37. The van der Waals surface area contributed by atoms with Gasteiger partial charge < -0.3 is 15.0 Å². The van der Waals surface area contributed by atoms with E-state index >= 15 is 0 Å². The van der Waals surface area contributed by atoms with Crippen molar-refractivity contribution < 1.29 is 22.7 Å². The molecule has 0 radical (unpaired) electrons. The van der Waals surface area contributed by atoms with Crippen molar-refractivity contribution in [3.63, 3.8) is 0 Å². The molecule has 10 heteroatoms. The highest BCUT2D eigenvalue weighted by Crippen LogP contribution is 2.30. The standard InChI is InChI=1S/C24H32ClN3O5S/c1-6-21(24(30)26-7-2)27(15-18-10-8-17(3)9-11-18)23(29)16-28(34(5,31)32)19-12-13-22(33-4)20(25)14-19/h8-14,21H,6-7,15-16H2,1-5H3,(H,26,30)/t21-/m0/s1. The second-order valence-corrected chi connectivity index (χ2v) is 10.2. The van der Waals surface area contributed by atoms with Crippen molar-refractivity contribution >= 4 is 39.1 Å². The molecule has 0 heterocycles. The minimum absolute atomic E-state index is 0.162. The van der Waals surface area contributed by atoms with Crippen molar-refractivity contribution in [2.24, 2.45) is 0 Å². The summed E-state index contributed by atoms with van der Waals surface area (Å²) >= 11 is 6.20. The van der Waals surface area contributed by atoms with Gasteiger partial charge in [0.05, 0.1) is 24.1 Å². The Morgan fingerprint density at radius 2 is 1.76 bits per heavy atom. The third kappa shape index (κ3) is 7.11. The van der Waals surface area contributed by atoms with E-state index in [2.05, 4.69) is 5.32 Å². The molecule has 0 aliphatic carbocycles. The molecule has 0 aliphatic heterocycles. The summed E-state index contributed by atoms with van der Waals surface area (Å²) in [5.74, 6) is -0.409. The zero-order chi connectivity index (χ0) is 25.5. The molecular formula is C24H32ClN3O5S. The molecule has 2 rings (SSSR count). The maximum atomic E-state index is 13.5. The molecule has 1 N–H and O–H groups in total. The number of anilines is 1. The lowest BCUT2D eigenvalue weighted by atomic mass is 10.1. The van der Waals surface area contributed by atoms with Crippen molar-refractivity contribution in [3.8, 4) is 5.75 Å². The second-order valence-electron chi connectivity index (χ2n) is 7.91. The van der Waals surface area contributed by atoms with Gasteiger partial charge in [-0.2, -0.15) is 0 Å². The van der Waals surface area contributed by atoms with Crippen molar-refractivity contribution in [3.05, 3.63) is 58.6 Å². The molecule has 0 fully saturated rings. The van der Waals surface area contributed by atoms with Gasteiger partial charge in [-0.25, -0.2) is 8.42 Å². The molecule has 34 heavy (non-hydrogen) atoms. The topological polar surface area (TPSA) is 96.0 Å². The smallest absolute Gasteiger partial charge is 0.244 e. The van der Waals surface area contributed by atoms with Gasteiger partial charge in [0.25, 0.3) is 0 Å². The Hall–Kier alpha value is -2.78. The number of ether oxygens (including phenoxy) is 1. The number of aryl methyl sites for hydroxylation is 1. The molecule has 0 spiro atoms. The molecule has 0 unspecified atom stereocenters. The summed E-state index contributed by atoms with van der Waals surface area (Å²) in [4.78, 5) is 27.7. The number of rotatable bonds is 11. The summed E-state index contributed by atoms with van der Waals surface area (Å²) in [7, 11) is -2.39. The number of nitrogens with one attached hydrogen (secondary N) is 1. The number of nitrogens with zero attached hydrogens (tertiary/aromatic N) is 2. The van der Waals surface area contributed by atoms with Crippen molar-refractivity contribution in [1.82, 2.24) is 10.2 Å². The SMILES string of the molecule is CCNC(=O)[C@H](CC)N(Cc1ccc(C)cc1)C(=O)CN(c1ccc(OC)c(Cl)c1)S(C)(=O)=O. The summed E-state index contributed by atoms with van der Waals surface area (Å²) in [5, 5.41) is 2.98. The number of halogens is 1. The molecular weight excluding hydrogens is 478 g/mol. The van der Waals surface area contributed by atoms with Gasteiger partial charge in [0, 0.05) is 13.1 Å². The zero-order valence-corrected chi connectivity index (χ0v) is 21.7. The summed E-state index contributed by atoms with van der Waals surface area (Å²) in [5.41, 5.74) is 2.13. The van der Waals surface area contributed by atoms with Crippen LogP contribution < -0.4 is 14.4 Å². The van der Waals surface area contributed by atoms with E-state index in [0.717, 1.165) is 21.7 Å². The summed E-state index contributed by atoms with van der Waals surface area (Å²) in [6, 6.07) is 11.4. The van der Waals surface area contributed by atoms with E-state index < -0.39 is 28.5 Å². The molecule has 2 aromatic carbocycles. The lowest BCUT2D eigenvalue weighted by Crippen LogP contribution is -2.52. The number of benzene rings is 2. The molecule has 1 atom stereocenters. The van der Waals surface area contributed by atoms with Crippen LogP contribution in [0.1, 0.15) is 31.4 Å². The Bertz CT molecular complexity index is 1110. The van der Waals surface area contributed by atoms with Gasteiger partial charge in [-0.05, 0) is 44.0 Å². The minimum Gasteiger partial charge on any atom is -0.495 e. The van der Waals surface area contributed by atoms with Crippen LogP contribution in [0.3, 0.4) is 0 Å². The average Bonchev–Trinajstić information content (AvgIpc) is 2.77. The fourth-order valence-corrected chi connectivity index (χ4v) is 4.62. The Labute approximate surface area is 206 Å². The van der Waals surface area contributed by atoms with Gasteiger partial charge in [-0.3, -0.25) is 13.9 Å². The van der Waals surface area contributed by atoms with E-state index in [1.807, 2.05) is 38.1 Å². The molecule has 2 aromatic rings. The van der Waals surface area contributed by atoms with Crippen LogP contribution >= 0.6 is 11.6 Å². The number of hydrogen-bond donors (Lipinski definition) is 1. The van der Waals surface area contributed by atoms with Crippen molar-refractivity contribution in [2.45, 2.75) is 39.8 Å². The van der Waals surface area contributed by atoms with E-state index in [4.69, 9.17) is 16.3 Å². The van der Waals surface area contributed by atoms with Crippen molar-refractivity contribution in [2.75, 3.05) is 30.8 Å². The van der Waals surface area contributed by atoms with Crippen LogP contribution in [0.5, 0.6) is 5.75 Å². The molecule has 0 saturated heterocycles. The summed E-state index contributed by atoms with van der Waals surface area (Å²) in [6.07, 6.45) is 1.39. The Balaban J connectivity index is 2.44. The van der Waals surface area contributed by atoms with E-state index in [9.17, 15) is 18.0 Å². The van der Waals surface area contributed by atoms with Crippen LogP contribution in [-0.4, -0.2) is 57.6 Å². The van der Waals surface area contributed by atoms with Crippen LogP contribution in [0.4, 0.5) is 5.69 Å². The van der Waals surface area contributed by atoms with Crippen molar-refractivity contribution in [1.29, 1.82) is 0 Å². The zero-order valence-electron chi connectivity index (χ0n) is 20.2. The van der Waals surface area contributed by atoms with Crippen LogP contribution in [0, 0.1) is 6.92 Å². The summed E-state index contributed by atoms with van der Waals surface area (Å²) in [6.45, 7) is 5.67. The summed E-state index contributed by atoms with van der Waals surface area (Å²) < 4.78 is 31.4. The Morgan fingerprint density at radius 3 is 2.26 bits per heavy atom. The lowest BCUT2D eigenvalue weighted by molar-refractivity contribution is -0.140. The van der Waals surface area contributed by atoms with Crippen LogP contribution in [0.25, 0.3) is 0 Å². The van der Waals surface area contributed by atoms with Gasteiger partial charge in [0.1, 0.15) is 18.3 Å². The first-order valence-electron chi connectivity index (χ1n) is 11.0. The fourth-order valence-electron chi connectivity index (χ4n) is 3.53. The second kappa shape index (κ2) is 12.1. The highest BCUT2D eigenvalue weighted by atomic mass is 35.5. The first-order chi connectivity index (χ1) is 16.0. The Morgan fingerprint density at radius 1 is 1.12 bits per heavy atom. The van der Waals surface area contributed by atoms with Gasteiger partial charge in [-0.15, -0.1) is 0 Å². The minimum atomic E-state index is -3.84. The quantitative estimate of drug-likeness (QED) is 0.501. The largest absolute Gasteiger partial charge is 0.495 e. The van der Waals surface area contributed by atoms with Gasteiger partial charge in [0.2, 0.25) is 21.8 Å². The molecule has 2 amide bonds. The van der Waals surface area contributed by atoms with E-state index in [1.54, 1.807) is 6.92 Å². The Kier molecular flexibility index (Phi) is 9.76. The van der Waals surface area contributed by atoms with Gasteiger partial charge >= 0.3 is 0 Å². The number of amides is 2. The maximum absolute atomic E-state index is 13.5. The van der Waals surface area contributed by atoms with Gasteiger partial charge in [0.15, 0.2) is 0 Å². The fraction of sp³-hybridized carbons (Fsp3) is 0.417.